The fourth-order valence-corrected chi connectivity index (χ4v) is 4.99. The van der Waals surface area contributed by atoms with Gasteiger partial charge in [-0.1, -0.05) is 49.6 Å². The number of hydrogen-bond acceptors (Lipinski definition) is 3. The second-order valence-electron chi connectivity index (χ2n) is 7.76. The first-order chi connectivity index (χ1) is 12.9. The first-order valence-electron chi connectivity index (χ1n) is 10.5. The Morgan fingerprint density at radius 1 is 1.00 bits per heavy atom. The van der Waals surface area contributed by atoms with E-state index in [0.29, 0.717) is 6.04 Å². The van der Waals surface area contributed by atoms with Gasteiger partial charge in [0.05, 0.1) is 6.61 Å². The van der Waals surface area contributed by atoms with E-state index in [2.05, 4.69) is 53.5 Å². The van der Waals surface area contributed by atoms with Crippen LogP contribution in [0.4, 0.5) is 0 Å². The Kier molecular flexibility index (Phi) is 9.36. The molecule has 5 heteroatoms. The summed E-state index contributed by atoms with van der Waals surface area (Å²) >= 11 is 0. The third-order valence-corrected chi connectivity index (χ3v) is 6.17. The second kappa shape index (κ2) is 11.3. The molecule has 0 bridgehead atoms. The summed E-state index contributed by atoms with van der Waals surface area (Å²) in [5.41, 5.74) is 1.44. The average molecular weight is 425 g/mol. The summed E-state index contributed by atoms with van der Waals surface area (Å²) in [7, 11) is 0. The molecule has 1 aliphatic heterocycles. The summed E-state index contributed by atoms with van der Waals surface area (Å²) in [5.74, 6) is 1.84. The summed E-state index contributed by atoms with van der Waals surface area (Å²) in [6.45, 7) is 7.28. The Bertz CT molecular complexity index is 710. The number of halogens is 2. The molecule has 1 N–H and O–H groups in total. The molecule has 2 fully saturated rings. The lowest BCUT2D eigenvalue weighted by Gasteiger charge is -2.42. The van der Waals surface area contributed by atoms with E-state index in [1.165, 1.54) is 48.4 Å². The number of nitrogens with zero attached hydrogens (tertiary/aromatic N) is 1. The highest BCUT2D eigenvalue weighted by atomic mass is 35.5. The van der Waals surface area contributed by atoms with Gasteiger partial charge in [0.25, 0.3) is 0 Å². The molecule has 1 aliphatic carbocycles. The Morgan fingerprint density at radius 3 is 2.43 bits per heavy atom. The molecule has 0 radical (unpaired) electrons. The van der Waals surface area contributed by atoms with Crippen LogP contribution < -0.4 is 10.1 Å². The highest BCUT2D eigenvalue weighted by Crippen LogP contribution is 2.44. The standard InChI is InChI=1S/C23H32N2O.2ClH/c1-2-26-21-13-12-18-8-6-7-11-20(18)22(21)23(19-9-4-3-5-10-19)25-16-14-24-15-17-25;;/h6-8,11-13,19,23-24H,2-5,9-10,14-17H2,1H3;2*1H/t23-;;/m1../s1. The van der Waals surface area contributed by atoms with Gasteiger partial charge in [0, 0.05) is 37.8 Å². The normalized spacial score (nSPS) is 19.5. The van der Waals surface area contributed by atoms with Gasteiger partial charge in [-0.3, -0.25) is 4.90 Å². The van der Waals surface area contributed by atoms with Crippen LogP contribution in [-0.2, 0) is 0 Å². The molecule has 1 atom stereocenters. The van der Waals surface area contributed by atoms with Gasteiger partial charge in [0.1, 0.15) is 5.75 Å². The van der Waals surface area contributed by atoms with Gasteiger partial charge in [0.15, 0.2) is 0 Å². The Morgan fingerprint density at radius 2 is 1.71 bits per heavy atom. The zero-order chi connectivity index (χ0) is 17.8. The van der Waals surface area contributed by atoms with E-state index in [4.69, 9.17) is 4.74 Å². The zero-order valence-electron chi connectivity index (χ0n) is 16.9. The molecule has 2 aliphatic rings. The maximum absolute atomic E-state index is 6.17. The molecule has 3 nitrogen and oxygen atoms in total. The summed E-state index contributed by atoms with van der Waals surface area (Å²) in [5, 5.41) is 6.25. The lowest BCUT2D eigenvalue weighted by atomic mass is 9.78. The van der Waals surface area contributed by atoms with E-state index in [1.807, 2.05) is 0 Å². The maximum Gasteiger partial charge on any atom is 0.124 e. The van der Waals surface area contributed by atoms with Crippen LogP contribution in [0.3, 0.4) is 0 Å². The van der Waals surface area contributed by atoms with Crippen LogP contribution in [0.1, 0.15) is 50.6 Å². The molecule has 1 saturated heterocycles. The van der Waals surface area contributed by atoms with Crippen molar-refractivity contribution in [2.75, 3.05) is 32.8 Å². The van der Waals surface area contributed by atoms with Gasteiger partial charge in [-0.15, -0.1) is 24.8 Å². The molecule has 4 rings (SSSR count). The van der Waals surface area contributed by atoms with Gasteiger partial charge >= 0.3 is 0 Å². The van der Waals surface area contributed by atoms with Crippen molar-refractivity contribution in [1.29, 1.82) is 0 Å². The van der Waals surface area contributed by atoms with Crippen LogP contribution in [0.2, 0.25) is 0 Å². The fourth-order valence-electron chi connectivity index (χ4n) is 4.99. The molecule has 2 aromatic rings. The lowest BCUT2D eigenvalue weighted by Crippen LogP contribution is -2.47. The van der Waals surface area contributed by atoms with Crippen LogP contribution >= 0.6 is 24.8 Å². The largest absolute Gasteiger partial charge is 0.494 e. The number of rotatable bonds is 5. The fraction of sp³-hybridized carbons (Fsp3) is 0.565. The van der Waals surface area contributed by atoms with Gasteiger partial charge < -0.3 is 10.1 Å². The smallest absolute Gasteiger partial charge is 0.124 e. The molecular weight excluding hydrogens is 391 g/mol. The van der Waals surface area contributed by atoms with Crippen LogP contribution in [0, 0.1) is 5.92 Å². The second-order valence-corrected chi connectivity index (χ2v) is 7.76. The van der Waals surface area contributed by atoms with E-state index < -0.39 is 0 Å². The number of benzene rings is 2. The van der Waals surface area contributed by atoms with Gasteiger partial charge in [0.2, 0.25) is 0 Å². The van der Waals surface area contributed by atoms with Crippen molar-refractivity contribution in [2.45, 2.75) is 45.1 Å². The first-order valence-corrected chi connectivity index (χ1v) is 10.5. The predicted octanol–water partition coefficient (Wildman–Crippen LogP) is 5.61. The van der Waals surface area contributed by atoms with Crippen molar-refractivity contribution in [3.63, 3.8) is 0 Å². The minimum atomic E-state index is 0. The molecular formula is C23H34Cl2N2O. The quantitative estimate of drug-likeness (QED) is 0.674. The Hall–Kier alpha value is -1.00. The van der Waals surface area contributed by atoms with Crippen LogP contribution in [0.5, 0.6) is 5.75 Å². The third-order valence-electron chi connectivity index (χ3n) is 6.17. The highest BCUT2D eigenvalue weighted by Gasteiger charge is 2.34. The molecule has 0 spiro atoms. The van der Waals surface area contributed by atoms with Gasteiger partial charge in [-0.05, 0) is 42.5 Å². The van der Waals surface area contributed by atoms with Crippen LogP contribution in [-0.4, -0.2) is 37.7 Å². The number of hydrogen-bond donors (Lipinski definition) is 1. The number of nitrogens with one attached hydrogen (secondary N) is 1. The van der Waals surface area contributed by atoms with E-state index in [9.17, 15) is 0 Å². The maximum atomic E-state index is 6.17. The molecule has 0 aromatic heterocycles. The summed E-state index contributed by atoms with van der Waals surface area (Å²) in [6, 6.07) is 13.8. The monoisotopic (exact) mass is 424 g/mol. The highest BCUT2D eigenvalue weighted by molar-refractivity contribution is 5.88. The Labute approximate surface area is 182 Å². The van der Waals surface area contributed by atoms with Crippen molar-refractivity contribution >= 4 is 35.6 Å². The van der Waals surface area contributed by atoms with E-state index in [1.54, 1.807) is 0 Å². The van der Waals surface area contributed by atoms with E-state index in [-0.39, 0.29) is 24.8 Å². The predicted molar refractivity (Wildman–Crippen MR) is 123 cm³/mol. The third kappa shape index (κ3) is 4.94. The molecule has 1 heterocycles. The summed E-state index contributed by atoms with van der Waals surface area (Å²) in [4.78, 5) is 2.73. The minimum absolute atomic E-state index is 0. The van der Waals surface area contributed by atoms with Crippen LogP contribution in [0.15, 0.2) is 36.4 Å². The van der Waals surface area contributed by atoms with E-state index >= 15 is 0 Å². The molecule has 0 amide bonds. The van der Waals surface area contributed by atoms with Crippen molar-refractivity contribution < 1.29 is 4.74 Å². The summed E-state index contributed by atoms with van der Waals surface area (Å²) < 4.78 is 6.17. The van der Waals surface area contributed by atoms with Gasteiger partial charge in [-0.2, -0.15) is 0 Å². The minimum Gasteiger partial charge on any atom is -0.494 e. The number of piperazine rings is 1. The lowest BCUT2D eigenvalue weighted by molar-refractivity contribution is 0.102. The molecule has 28 heavy (non-hydrogen) atoms. The Balaban J connectivity index is 0.00000140. The molecule has 0 unspecified atom stereocenters. The zero-order valence-corrected chi connectivity index (χ0v) is 18.5. The number of fused-ring (bicyclic) bond motifs is 1. The van der Waals surface area contributed by atoms with Gasteiger partial charge in [-0.25, -0.2) is 0 Å². The van der Waals surface area contributed by atoms with Crippen molar-refractivity contribution in [1.82, 2.24) is 10.2 Å². The molecule has 2 aromatic carbocycles. The molecule has 1 saturated carbocycles. The van der Waals surface area contributed by atoms with E-state index in [0.717, 1.165) is 44.5 Å². The SMILES string of the molecule is CCOc1ccc2ccccc2c1[C@@H](C1CCCCC1)N1CCNCC1.Cl.Cl. The number of ether oxygens (including phenoxy) is 1. The van der Waals surface area contributed by atoms with Crippen molar-refractivity contribution in [3.8, 4) is 5.75 Å². The molecule has 156 valence electrons. The van der Waals surface area contributed by atoms with Crippen LogP contribution in [0.25, 0.3) is 10.8 Å². The topological polar surface area (TPSA) is 24.5 Å². The van der Waals surface area contributed by atoms with Crippen molar-refractivity contribution in [3.05, 3.63) is 42.0 Å². The average Bonchev–Trinajstić information content (AvgIpc) is 2.71. The first kappa shape index (κ1) is 23.3. The summed E-state index contributed by atoms with van der Waals surface area (Å²) in [6.07, 6.45) is 6.86. The van der Waals surface area contributed by atoms with Crippen molar-refractivity contribution in [2.24, 2.45) is 5.92 Å².